The fraction of sp³-hybridized carbons (Fsp3) is 0.867. The lowest BCUT2D eigenvalue weighted by atomic mass is 10.1. The molecule has 1 rings (SSSR count). The lowest BCUT2D eigenvalue weighted by Crippen LogP contribution is -2.50. The van der Waals surface area contributed by atoms with Crippen molar-refractivity contribution in [1.82, 2.24) is 9.80 Å². The molecule has 2 N–H and O–H groups in total. The summed E-state index contributed by atoms with van der Waals surface area (Å²) < 4.78 is 65.1. The number of hydrogen-bond acceptors (Lipinski definition) is 3. The third kappa shape index (κ3) is 5.90. The number of rotatable bonds is 7. The Balaban J connectivity index is 3.37. The Morgan fingerprint density at radius 1 is 1.05 bits per heavy atom. The van der Waals surface area contributed by atoms with E-state index in [4.69, 9.17) is 16.7 Å². The van der Waals surface area contributed by atoms with Crippen molar-refractivity contribution < 1.29 is 20.6 Å². The van der Waals surface area contributed by atoms with Gasteiger partial charge in [-0.3, -0.25) is 9.59 Å². The van der Waals surface area contributed by atoms with Gasteiger partial charge in [0.1, 0.15) is 0 Å². The summed E-state index contributed by atoms with van der Waals surface area (Å²) in [5.41, 5.74) is 5.37. The van der Waals surface area contributed by atoms with Gasteiger partial charge in [0.15, 0.2) is 0 Å². The van der Waals surface area contributed by atoms with E-state index in [9.17, 15) is 9.59 Å². The molecule has 20 heavy (non-hydrogen) atoms. The SMILES string of the molecule is [2H]C1([2H])N(C(=O)CCCCCN)C([2H])([2H])C([2H])([2H])N(C(=O)CC(C)C)C1([2H])[2H]. The summed E-state index contributed by atoms with van der Waals surface area (Å²) >= 11 is 0. The van der Waals surface area contributed by atoms with Gasteiger partial charge in [0, 0.05) is 38.8 Å². The summed E-state index contributed by atoms with van der Waals surface area (Å²) in [5, 5.41) is 0. The van der Waals surface area contributed by atoms with E-state index in [-0.39, 0.29) is 35.0 Å². The van der Waals surface area contributed by atoms with Gasteiger partial charge in [-0.05, 0) is 25.3 Å². The minimum atomic E-state index is -3.28. The van der Waals surface area contributed by atoms with Gasteiger partial charge in [0.25, 0.3) is 0 Å². The maximum atomic E-state index is 12.6. The zero-order valence-corrected chi connectivity index (χ0v) is 12.1. The van der Waals surface area contributed by atoms with Gasteiger partial charge < -0.3 is 15.5 Å². The Labute approximate surface area is 133 Å². The van der Waals surface area contributed by atoms with Crippen molar-refractivity contribution in [2.75, 3.05) is 32.5 Å². The third-order valence-corrected chi connectivity index (χ3v) is 2.72. The topological polar surface area (TPSA) is 66.6 Å². The van der Waals surface area contributed by atoms with Gasteiger partial charge >= 0.3 is 0 Å². The van der Waals surface area contributed by atoms with E-state index in [0.717, 1.165) is 0 Å². The van der Waals surface area contributed by atoms with Crippen molar-refractivity contribution in [2.45, 2.75) is 46.0 Å². The van der Waals surface area contributed by atoms with Crippen molar-refractivity contribution in [3.05, 3.63) is 0 Å². The highest BCUT2D eigenvalue weighted by Crippen LogP contribution is 2.10. The molecule has 1 aliphatic rings. The molecule has 0 unspecified atom stereocenters. The number of nitrogens with two attached hydrogens (primary N) is 1. The van der Waals surface area contributed by atoms with Crippen molar-refractivity contribution >= 4 is 11.8 Å². The van der Waals surface area contributed by atoms with Gasteiger partial charge in [-0.15, -0.1) is 0 Å². The van der Waals surface area contributed by atoms with Gasteiger partial charge in [-0.2, -0.15) is 0 Å². The summed E-state index contributed by atoms with van der Waals surface area (Å²) in [5.74, 6) is -2.40. The molecule has 5 heteroatoms. The predicted molar refractivity (Wildman–Crippen MR) is 80.1 cm³/mol. The minimum Gasteiger partial charge on any atom is -0.339 e. The van der Waals surface area contributed by atoms with Crippen LogP contribution in [0, 0.1) is 5.92 Å². The first-order chi connectivity index (χ1) is 12.6. The molecule has 2 amide bonds. The largest absolute Gasteiger partial charge is 0.339 e. The highest BCUT2D eigenvalue weighted by Gasteiger charge is 2.23. The molecule has 0 atom stereocenters. The van der Waals surface area contributed by atoms with Crippen LogP contribution in [0.4, 0.5) is 0 Å². The van der Waals surface area contributed by atoms with Crippen molar-refractivity contribution in [1.29, 1.82) is 0 Å². The smallest absolute Gasteiger partial charge is 0.222 e. The van der Waals surface area contributed by atoms with Crippen molar-refractivity contribution in [2.24, 2.45) is 11.7 Å². The van der Waals surface area contributed by atoms with Crippen LogP contribution in [0.15, 0.2) is 0 Å². The maximum absolute atomic E-state index is 12.6. The molecular weight excluding hydrogens is 254 g/mol. The molecular formula is C15H29N3O2. The second kappa shape index (κ2) is 8.95. The predicted octanol–water partition coefficient (Wildman–Crippen LogP) is 1.22. The molecule has 1 saturated heterocycles. The number of piperazine rings is 1. The second-order valence-electron chi connectivity index (χ2n) is 5.10. The van der Waals surface area contributed by atoms with Crippen LogP contribution in [0.25, 0.3) is 0 Å². The van der Waals surface area contributed by atoms with Crippen LogP contribution >= 0.6 is 0 Å². The fourth-order valence-corrected chi connectivity index (χ4v) is 1.65. The highest BCUT2D eigenvalue weighted by molar-refractivity contribution is 5.78. The number of hydrogen-bond donors (Lipinski definition) is 1. The highest BCUT2D eigenvalue weighted by atomic mass is 16.2. The first-order valence-corrected chi connectivity index (χ1v) is 6.93. The van der Waals surface area contributed by atoms with Crippen LogP contribution < -0.4 is 5.73 Å². The van der Waals surface area contributed by atoms with E-state index < -0.39 is 37.8 Å². The minimum absolute atomic E-state index is 0.0123. The molecule has 1 heterocycles. The van der Waals surface area contributed by atoms with Gasteiger partial charge in [0.2, 0.25) is 11.8 Å². The molecule has 0 aromatic heterocycles. The molecule has 5 nitrogen and oxygen atoms in total. The van der Waals surface area contributed by atoms with Crippen molar-refractivity contribution in [3.63, 3.8) is 0 Å². The van der Waals surface area contributed by atoms with Crippen LogP contribution in [0.2, 0.25) is 0 Å². The number of unbranched alkanes of at least 4 members (excludes halogenated alkanes) is 2. The number of carbonyl (C=O) groups excluding carboxylic acids is 2. The van der Waals surface area contributed by atoms with Crippen LogP contribution in [0.5, 0.6) is 0 Å². The van der Waals surface area contributed by atoms with Gasteiger partial charge in [-0.1, -0.05) is 20.3 Å². The summed E-state index contributed by atoms with van der Waals surface area (Å²) in [6, 6.07) is 0. The Morgan fingerprint density at radius 3 is 2.10 bits per heavy atom. The molecule has 1 fully saturated rings. The molecule has 0 spiro atoms. The zero-order valence-electron chi connectivity index (χ0n) is 20.1. The van der Waals surface area contributed by atoms with Crippen molar-refractivity contribution in [3.8, 4) is 0 Å². The molecule has 1 aliphatic heterocycles. The van der Waals surface area contributed by atoms with E-state index in [2.05, 4.69) is 0 Å². The van der Waals surface area contributed by atoms with E-state index >= 15 is 0 Å². The fourth-order valence-electron chi connectivity index (χ4n) is 1.65. The second-order valence-corrected chi connectivity index (χ2v) is 5.10. The standard InChI is InChI=1S/C15H29N3O2/c1-13(2)12-15(20)18-10-8-17(9-11-18)14(19)6-4-3-5-7-16/h13H,3-12,16H2,1-2H3/i8D2,9D2,10D2,11D2. The first kappa shape index (κ1) is 8.37. The number of amides is 2. The van der Waals surface area contributed by atoms with Crippen LogP contribution in [-0.2, 0) is 9.59 Å². The zero-order chi connectivity index (χ0) is 22.1. The Morgan fingerprint density at radius 2 is 1.60 bits per heavy atom. The molecule has 0 aromatic carbocycles. The first-order valence-electron chi connectivity index (χ1n) is 10.9. The summed E-state index contributed by atoms with van der Waals surface area (Å²) in [7, 11) is 0. The molecule has 116 valence electrons. The van der Waals surface area contributed by atoms with E-state index in [1.807, 2.05) is 0 Å². The molecule has 0 saturated carbocycles. The Hall–Kier alpha value is -1.10. The number of carbonyl (C=O) groups is 2. The molecule has 0 radical (unpaired) electrons. The van der Waals surface area contributed by atoms with E-state index in [1.165, 1.54) is 0 Å². The normalized spacial score (nSPS) is 31.8. The van der Waals surface area contributed by atoms with E-state index in [0.29, 0.717) is 19.4 Å². The quantitative estimate of drug-likeness (QED) is 0.717. The lowest BCUT2D eigenvalue weighted by molar-refractivity contribution is -0.140. The number of nitrogens with zero attached hydrogens (tertiary/aromatic N) is 2. The van der Waals surface area contributed by atoms with Crippen LogP contribution in [0.3, 0.4) is 0 Å². The van der Waals surface area contributed by atoms with Gasteiger partial charge in [-0.25, -0.2) is 0 Å². The van der Waals surface area contributed by atoms with E-state index in [1.54, 1.807) is 13.8 Å². The summed E-state index contributed by atoms with van der Waals surface area (Å²) in [4.78, 5) is 25.1. The average molecular weight is 291 g/mol. The molecule has 0 aliphatic carbocycles. The monoisotopic (exact) mass is 291 g/mol. The summed E-state index contributed by atoms with van der Waals surface area (Å²) in [6.07, 6.45) is 0.858. The van der Waals surface area contributed by atoms with Crippen LogP contribution in [-0.4, -0.2) is 54.1 Å². The van der Waals surface area contributed by atoms with Gasteiger partial charge in [0.05, 0.1) is 11.0 Å². The Bertz CT molecular complexity index is 570. The average Bonchev–Trinajstić information content (AvgIpc) is 2.48. The Kier molecular flexibility index (Phi) is 3.75. The lowest BCUT2D eigenvalue weighted by Gasteiger charge is -2.35. The molecule has 0 bridgehead atoms. The maximum Gasteiger partial charge on any atom is 0.222 e. The third-order valence-electron chi connectivity index (χ3n) is 2.72. The molecule has 0 aromatic rings. The van der Waals surface area contributed by atoms with Crippen LogP contribution in [0.1, 0.15) is 56.9 Å². The summed E-state index contributed by atoms with van der Waals surface area (Å²) in [6.45, 7) is -9.42.